The lowest BCUT2D eigenvalue weighted by Gasteiger charge is -2.08. The summed E-state index contributed by atoms with van der Waals surface area (Å²) in [6, 6.07) is 4.73. The minimum atomic E-state index is -0.457. The van der Waals surface area contributed by atoms with Gasteiger partial charge in [0.2, 0.25) is 0 Å². The first-order valence-electron chi connectivity index (χ1n) is 6.34. The molecule has 1 aromatic carbocycles. The van der Waals surface area contributed by atoms with Gasteiger partial charge in [0.15, 0.2) is 5.75 Å². The molecule has 0 aromatic heterocycles. The topological polar surface area (TPSA) is 73.6 Å². The van der Waals surface area contributed by atoms with Gasteiger partial charge < -0.3 is 14.8 Å². The fourth-order valence-corrected chi connectivity index (χ4v) is 1.74. The molecule has 104 valence electrons. The number of ether oxygens (including phenoxy) is 2. The molecule has 6 nitrogen and oxygen atoms in total. The van der Waals surface area contributed by atoms with E-state index in [1.807, 2.05) is 0 Å². The van der Waals surface area contributed by atoms with Crippen molar-refractivity contribution in [2.45, 2.75) is 12.8 Å². The average Bonchev–Trinajstić information content (AvgIpc) is 3.22. The van der Waals surface area contributed by atoms with E-state index in [9.17, 15) is 10.1 Å². The first-order valence-corrected chi connectivity index (χ1v) is 6.34. The third-order valence-corrected chi connectivity index (χ3v) is 3.00. The monoisotopic (exact) mass is 266 g/mol. The lowest BCUT2D eigenvalue weighted by atomic mass is 10.2. The lowest BCUT2D eigenvalue weighted by molar-refractivity contribution is -0.385. The lowest BCUT2D eigenvalue weighted by Crippen LogP contribution is -2.10. The zero-order chi connectivity index (χ0) is 13.7. The molecule has 1 aliphatic rings. The first-order chi connectivity index (χ1) is 9.20. The van der Waals surface area contributed by atoms with E-state index in [1.165, 1.54) is 26.0 Å². The highest BCUT2D eigenvalue weighted by Gasteiger charge is 2.20. The predicted octanol–water partition coefficient (Wildman–Crippen LogP) is 2.44. The molecule has 0 heterocycles. The second-order valence-electron chi connectivity index (χ2n) is 4.59. The van der Waals surface area contributed by atoms with Crippen molar-refractivity contribution in [2.24, 2.45) is 5.92 Å². The number of rotatable bonds is 8. The van der Waals surface area contributed by atoms with Crippen LogP contribution in [0.1, 0.15) is 12.8 Å². The maximum atomic E-state index is 10.7. The van der Waals surface area contributed by atoms with Gasteiger partial charge in [0, 0.05) is 31.0 Å². The number of nitrogens with one attached hydrogen (secondary N) is 1. The summed E-state index contributed by atoms with van der Waals surface area (Å²) in [4.78, 5) is 10.3. The molecular formula is C13H18N2O4. The molecule has 0 spiro atoms. The van der Waals surface area contributed by atoms with E-state index in [-0.39, 0.29) is 11.4 Å². The molecule has 0 aliphatic heterocycles. The number of nitro benzene ring substituents is 1. The van der Waals surface area contributed by atoms with Gasteiger partial charge in [-0.15, -0.1) is 0 Å². The van der Waals surface area contributed by atoms with Crippen molar-refractivity contribution in [2.75, 3.05) is 32.2 Å². The summed E-state index contributed by atoms with van der Waals surface area (Å²) in [5, 5.41) is 13.9. The molecular weight excluding hydrogens is 248 g/mol. The Kier molecular flexibility index (Phi) is 4.57. The number of anilines is 1. The van der Waals surface area contributed by atoms with Crippen LogP contribution in [0.3, 0.4) is 0 Å². The maximum absolute atomic E-state index is 10.7. The highest BCUT2D eigenvalue weighted by atomic mass is 16.6. The fraction of sp³-hybridized carbons (Fsp3) is 0.538. The van der Waals surface area contributed by atoms with Gasteiger partial charge in [0.05, 0.1) is 18.6 Å². The molecule has 0 radical (unpaired) electrons. The maximum Gasteiger partial charge on any atom is 0.311 e. The van der Waals surface area contributed by atoms with Crippen molar-refractivity contribution in [3.05, 3.63) is 28.3 Å². The van der Waals surface area contributed by atoms with Crippen molar-refractivity contribution < 1.29 is 14.4 Å². The zero-order valence-electron chi connectivity index (χ0n) is 10.9. The normalized spacial score (nSPS) is 14.2. The minimum absolute atomic E-state index is 0.0296. The van der Waals surface area contributed by atoms with E-state index in [4.69, 9.17) is 9.47 Å². The van der Waals surface area contributed by atoms with E-state index in [0.29, 0.717) is 13.2 Å². The van der Waals surface area contributed by atoms with Gasteiger partial charge in [0.1, 0.15) is 0 Å². The predicted molar refractivity (Wildman–Crippen MR) is 71.7 cm³/mol. The Morgan fingerprint density at radius 3 is 2.89 bits per heavy atom. The summed E-state index contributed by atoms with van der Waals surface area (Å²) >= 11 is 0. The SMILES string of the molecule is COc1cc(NCCOCC2CC2)ccc1[N+](=O)[O-]. The molecule has 1 saturated carbocycles. The van der Waals surface area contributed by atoms with Crippen molar-refractivity contribution in [1.29, 1.82) is 0 Å². The van der Waals surface area contributed by atoms with Gasteiger partial charge >= 0.3 is 5.69 Å². The van der Waals surface area contributed by atoms with Gasteiger partial charge in [-0.2, -0.15) is 0 Å². The molecule has 1 fully saturated rings. The Labute approximate surface area is 111 Å². The van der Waals surface area contributed by atoms with Crippen LogP contribution in [-0.4, -0.2) is 31.8 Å². The van der Waals surface area contributed by atoms with Crippen LogP contribution in [0.4, 0.5) is 11.4 Å². The van der Waals surface area contributed by atoms with Crippen molar-refractivity contribution in [3.8, 4) is 5.75 Å². The Balaban J connectivity index is 1.80. The van der Waals surface area contributed by atoms with Crippen LogP contribution in [0.2, 0.25) is 0 Å². The number of benzene rings is 1. The molecule has 6 heteroatoms. The van der Waals surface area contributed by atoms with Crippen LogP contribution in [0.15, 0.2) is 18.2 Å². The fourth-order valence-electron chi connectivity index (χ4n) is 1.74. The molecule has 0 saturated heterocycles. The van der Waals surface area contributed by atoms with Crippen molar-refractivity contribution in [1.82, 2.24) is 0 Å². The average molecular weight is 266 g/mol. The molecule has 1 N–H and O–H groups in total. The highest BCUT2D eigenvalue weighted by Crippen LogP contribution is 2.30. The summed E-state index contributed by atoms with van der Waals surface area (Å²) in [5.41, 5.74) is 0.760. The molecule has 1 aromatic rings. The molecule has 0 bridgehead atoms. The van der Waals surface area contributed by atoms with E-state index in [1.54, 1.807) is 12.1 Å². The largest absolute Gasteiger partial charge is 0.490 e. The second kappa shape index (κ2) is 6.38. The molecule has 0 atom stereocenters. The molecule has 0 unspecified atom stereocenters. The first kappa shape index (κ1) is 13.6. The van der Waals surface area contributed by atoms with Crippen LogP contribution < -0.4 is 10.1 Å². The summed E-state index contributed by atoms with van der Waals surface area (Å²) in [6.07, 6.45) is 2.57. The number of hydrogen-bond donors (Lipinski definition) is 1. The molecule has 0 amide bonds. The Morgan fingerprint density at radius 2 is 2.26 bits per heavy atom. The summed E-state index contributed by atoms with van der Waals surface area (Å²) in [5.74, 6) is 1.02. The second-order valence-corrected chi connectivity index (χ2v) is 4.59. The Bertz CT molecular complexity index is 446. The summed E-state index contributed by atoms with van der Waals surface area (Å²) in [7, 11) is 1.42. The molecule has 2 rings (SSSR count). The number of methoxy groups -OCH3 is 1. The van der Waals surface area contributed by atoms with Crippen LogP contribution >= 0.6 is 0 Å². The Hall–Kier alpha value is -1.82. The smallest absolute Gasteiger partial charge is 0.311 e. The number of nitrogens with zero attached hydrogens (tertiary/aromatic N) is 1. The van der Waals surface area contributed by atoms with Gasteiger partial charge in [-0.05, 0) is 24.8 Å². The van der Waals surface area contributed by atoms with Gasteiger partial charge in [-0.1, -0.05) is 0 Å². The van der Waals surface area contributed by atoms with E-state index >= 15 is 0 Å². The molecule has 19 heavy (non-hydrogen) atoms. The van der Waals surface area contributed by atoms with Gasteiger partial charge in [-0.25, -0.2) is 0 Å². The molecule has 1 aliphatic carbocycles. The summed E-state index contributed by atoms with van der Waals surface area (Å²) < 4.78 is 10.5. The third kappa shape index (κ3) is 4.10. The standard InChI is InChI=1S/C13H18N2O4/c1-18-13-8-11(4-5-12(13)15(16)17)14-6-7-19-9-10-2-3-10/h4-5,8,10,14H,2-3,6-7,9H2,1H3. The third-order valence-electron chi connectivity index (χ3n) is 3.00. The Morgan fingerprint density at radius 1 is 1.47 bits per heavy atom. The van der Waals surface area contributed by atoms with E-state index in [0.717, 1.165) is 18.2 Å². The highest BCUT2D eigenvalue weighted by molar-refractivity contribution is 5.57. The minimum Gasteiger partial charge on any atom is -0.490 e. The quantitative estimate of drug-likeness (QED) is 0.444. The zero-order valence-corrected chi connectivity index (χ0v) is 10.9. The van der Waals surface area contributed by atoms with Gasteiger partial charge in [-0.3, -0.25) is 10.1 Å². The van der Waals surface area contributed by atoms with E-state index in [2.05, 4.69) is 5.32 Å². The number of nitro groups is 1. The van der Waals surface area contributed by atoms with Crippen LogP contribution in [0, 0.1) is 16.0 Å². The number of hydrogen-bond acceptors (Lipinski definition) is 5. The van der Waals surface area contributed by atoms with Crippen LogP contribution in [0.25, 0.3) is 0 Å². The van der Waals surface area contributed by atoms with E-state index < -0.39 is 4.92 Å². The van der Waals surface area contributed by atoms with Crippen molar-refractivity contribution >= 4 is 11.4 Å². The van der Waals surface area contributed by atoms with Crippen LogP contribution in [-0.2, 0) is 4.74 Å². The summed E-state index contributed by atoms with van der Waals surface area (Å²) in [6.45, 7) is 2.15. The van der Waals surface area contributed by atoms with Crippen LogP contribution in [0.5, 0.6) is 5.75 Å². The van der Waals surface area contributed by atoms with Gasteiger partial charge in [0.25, 0.3) is 0 Å². The van der Waals surface area contributed by atoms with Crippen molar-refractivity contribution in [3.63, 3.8) is 0 Å².